The molecular formula is C11H11N. The van der Waals surface area contributed by atoms with Crippen LogP contribution in [0.15, 0.2) is 30.5 Å². The molecular weight excluding hydrogens is 146 g/mol. The first kappa shape index (κ1) is 7.29. The summed E-state index contributed by atoms with van der Waals surface area (Å²) in [6, 6.07) is 8.39. The topological polar surface area (TPSA) is 12.9 Å². The van der Waals surface area contributed by atoms with Crippen molar-refractivity contribution >= 4 is 10.8 Å². The fraction of sp³-hybridized carbons (Fsp3) is 0.182. The first-order valence-corrected chi connectivity index (χ1v) is 4.10. The van der Waals surface area contributed by atoms with Crippen molar-refractivity contribution in [2.24, 2.45) is 0 Å². The van der Waals surface area contributed by atoms with Gasteiger partial charge in [-0.1, -0.05) is 18.2 Å². The highest BCUT2D eigenvalue weighted by Gasteiger charge is 1.97. The lowest BCUT2D eigenvalue weighted by molar-refractivity contribution is 1.23. The van der Waals surface area contributed by atoms with Crippen molar-refractivity contribution in [3.63, 3.8) is 0 Å². The minimum atomic E-state index is 1.11. The molecule has 1 nitrogen and oxygen atoms in total. The predicted octanol–water partition coefficient (Wildman–Crippen LogP) is 2.85. The Morgan fingerprint density at radius 3 is 2.58 bits per heavy atom. The Balaban J connectivity index is 2.94. The maximum Gasteiger partial charge on any atom is 0.0451 e. The fourth-order valence-corrected chi connectivity index (χ4v) is 1.51. The molecule has 0 aliphatic rings. The van der Waals surface area contributed by atoms with Crippen molar-refractivity contribution in [2.75, 3.05) is 0 Å². The van der Waals surface area contributed by atoms with Gasteiger partial charge in [-0.3, -0.25) is 4.98 Å². The third-order valence-electron chi connectivity index (χ3n) is 2.22. The van der Waals surface area contributed by atoms with E-state index in [1.807, 2.05) is 13.1 Å². The van der Waals surface area contributed by atoms with E-state index in [1.54, 1.807) is 0 Å². The lowest BCUT2D eigenvalue weighted by Crippen LogP contribution is -1.84. The van der Waals surface area contributed by atoms with Gasteiger partial charge >= 0.3 is 0 Å². The van der Waals surface area contributed by atoms with Crippen LogP contribution in [0.5, 0.6) is 0 Å². The van der Waals surface area contributed by atoms with Crippen LogP contribution in [-0.2, 0) is 0 Å². The molecule has 60 valence electrons. The summed E-state index contributed by atoms with van der Waals surface area (Å²) in [6.45, 7) is 4.17. The number of pyridine rings is 1. The zero-order valence-corrected chi connectivity index (χ0v) is 7.33. The number of benzene rings is 1. The van der Waals surface area contributed by atoms with Gasteiger partial charge in [0.05, 0.1) is 0 Å². The monoisotopic (exact) mass is 157 g/mol. The molecule has 0 saturated carbocycles. The number of hydrogen-bond acceptors (Lipinski definition) is 1. The normalized spacial score (nSPS) is 10.5. The fourth-order valence-electron chi connectivity index (χ4n) is 1.51. The van der Waals surface area contributed by atoms with Crippen molar-refractivity contribution in [3.8, 4) is 0 Å². The van der Waals surface area contributed by atoms with Crippen LogP contribution in [0.2, 0.25) is 0 Å². The van der Waals surface area contributed by atoms with E-state index in [-0.39, 0.29) is 0 Å². The van der Waals surface area contributed by atoms with E-state index in [2.05, 4.69) is 36.2 Å². The maximum absolute atomic E-state index is 4.25. The quantitative estimate of drug-likeness (QED) is 0.573. The molecule has 2 aromatic rings. The molecule has 1 heteroatoms. The standard InChI is InChI=1S/C11H11N/c1-8-4-3-5-11-9(2)12-7-6-10(8)11/h3-7H,1-2H3. The highest BCUT2D eigenvalue weighted by molar-refractivity contribution is 5.86. The van der Waals surface area contributed by atoms with E-state index in [0.717, 1.165) is 5.69 Å². The maximum atomic E-state index is 4.25. The van der Waals surface area contributed by atoms with Crippen LogP contribution in [0.4, 0.5) is 0 Å². The molecule has 0 unspecified atom stereocenters. The lowest BCUT2D eigenvalue weighted by Gasteiger charge is -2.02. The average Bonchev–Trinajstić information content (AvgIpc) is 2.07. The van der Waals surface area contributed by atoms with Gasteiger partial charge in [0, 0.05) is 17.3 Å². The molecule has 0 radical (unpaired) electrons. The average molecular weight is 157 g/mol. The number of nitrogens with zero attached hydrogens (tertiary/aromatic N) is 1. The van der Waals surface area contributed by atoms with Crippen molar-refractivity contribution in [1.29, 1.82) is 0 Å². The third kappa shape index (κ3) is 0.981. The van der Waals surface area contributed by atoms with E-state index in [0.29, 0.717) is 0 Å². The second kappa shape index (κ2) is 2.59. The molecule has 0 atom stereocenters. The van der Waals surface area contributed by atoms with E-state index >= 15 is 0 Å². The van der Waals surface area contributed by atoms with E-state index < -0.39 is 0 Å². The van der Waals surface area contributed by atoms with Gasteiger partial charge in [-0.25, -0.2) is 0 Å². The van der Waals surface area contributed by atoms with Crippen LogP contribution in [0.25, 0.3) is 10.8 Å². The molecule has 1 aromatic carbocycles. The Morgan fingerprint density at radius 1 is 1.00 bits per heavy atom. The summed E-state index contributed by atoms with van der Waals surface area (Å²) in [6.07, 6.45) is 1.87. The van der Waals surface area contributed by atoms with Gasteiger partial charge in [-0.15, -0.1) is 0 Å². The minimum Gasteiger partial charge on any atom is -0.261 e. The lowest BCUT2D eigenvalue weighted by atomic mass is 10.1. The molecule has 1 aromatic heterocycles. The van der Waals surface area contributed by atoms with Gasteiger partial charge in [0.15, 0.2) is 0 Å². The van der Waals surface area contributed by atoms with Crippen LogP contribution >= 0.6 is 0 Å². The Morgan fingerprint density at radius 2 is 1.83 bits per heavy atom. The molecule has 0 N–H and O–H groups in total. The summed E-state index contributed by atoms with van der Waals surface area (Å²) in [5.74, 6) is 0. The summed E-state index contributed by atoms with van der Waals surface area (Å²) < 4.78 is 0. The van der Waals surface area contributed by atoms with Crippen LogP contribution < -0.4 is 0 Å². The van der Waals surface area contributed by atoms with Gasteiger partial charge in [-0.05, 0) is 30.9 Å². The Bertz CT molecular complexity index is 377. The zero-order valence-electron chi connectivity index (χ0n) is 7.33. The molecule has 0 saturated heterocycles. The highest BCUT2D eigenvalue weighted by atomic mass is 14.7. The Hall–Kier alpha value is -1.37. The van der Waals surface area contributed by atoms with Gasteiger partial charge in [-0.2, -0.15) is 0 Å². The van der Waals surface area contributed by atoms with Gasteiger partial charge in [0.25, 0.3) is 0 Å². The summed E-state index contributed by atoms with van der Waals surface area (Å²) in [7, 11) is 0. The molecule has 12 heavy (non-hydrogen) atoms. The predicted molar refractivity (Wildman–Crippen MR) is 51.2 cm³/mol. The number of aryl methyl sites for hydroxylation is 2. The number of hydrogen-bond donors (Lipinski definition) is 0. The molecule has 0 bridgehead atoms. The third-order valence-corrected chi connectivity index (χ3v) is 2.22. The van der Waals surface area contributed by atoms with E-state index in [9.17, 15) is 0 Å². The summed E-state index contributed by atoms with van der Waals surface area (Å²) in [5.41, 5.74) is 2.43. The zero-order chi connectivity index (χ0) is 8.55. The summed E-state index contributed by atoms with van der Waals surface area (Å²) in [4.78, 5) is 4.25. The van der Waals surface area contributed by atoms with Gasteiger partial charge in [0.2, 0.25) is 0 Å². The largest absolute Gasteiger partial charge is 0.261 e. The minimum absolute atomic E-state index is 1.11. The number of rotatable bonds is 0. The van der Waals surface area contributed by atoms with Crippen LogP contribution in [0.3, 0.4) is 0 Å². The van der Waals surface area contributed by atoms with E-state index in [4.69, 9.17) is 0 Å². The van der Waals surface area contributed by atoms with Crippen LogP contribution in [-0.4, -0.2) is 4.98 Å². The van der Waals surface area contributed by atoms with Crippen molar-refractivity contribution in [3.05, 3.63) is 41.7 Å². The number of aromatic nitrogens is 1. The van der Waals surface area contributed by atoms with Gasteiger partial charge < -0.3 is 0 Å². The van der Waals surface area contributed by atoms with Crippen LogP contribution in [0.1, 0.15) is 11.3 Å². The summed E-state index contributed by atoms with van der Waals surface area (Å²) in [5, 5.41) is 2.57. The number of fused-ring (bicyclic) bond motifs is 1. The van der Waals surface area contributed by atoms with Crippen LogP contribution in [0, 0.1) is 13.8 Å². The Labute approximate surface area is 72.1 Å². The smallest absolute Gasteiger partial charge is 0.0451 e. The SMILES string of the molecule is Cc1cccc2c(C)nccc12. The second-order valence-corrected chi connectivity index (χ2v) is 3.07. The second-order valence-electron chi connectivity index (χ2n) is 3.07. The molecule has 0 aliphatic carbocycles. The molecule has 0 amide bonds. The molecule has 2 rings (SSSR count). The summed E-state index contributed by atoms with van der Waals surface area (Å²) >= 11 is 0. The van der Waals surface area contributed by atoms with Crippen molar-refractivity contribution in [1.82, 2.24) is 4.98 Å². The van der Waals surface area contributed by atoms with E-state index in [1.165, 1.54) is 16.3 Å². The molecule has 0 spiro atoms. The Kier molecular flexibility index (Phi) is 1.58. The van der Waals surface area contributed by atoms with Crippen molar-refractivity contribution in [2.45, 2.75) is 13.8 Å². The first-order valence-electron chi connectivity index (χ1n) is 4.10. The van der Waals surface area contributed by atoms with Crippen molar-refractivity contribution < 1.29 is 0 Å². The molecule has 0 aliphatic heterocycles. The molecule has 1 heterocycles. The highest BCUT2D eigenvalue weighted by Crippen LogP contribution is 2.18. The van der Waals surface area contributed by atoms with Gasteiger partial charge in [0.1, 0.15) is 0 Å². The molecule has 0 fully saturated rings. The first-order chi connectivity index (χ1) is 5.79.